The number of aliphatic imine (C=N–C) groups is 1. The third kappa shape index (κ3) is 2.80. The molecule has 2 aromatic rings. The number of amidine groups is 1. The molecule has 0 aromatic heterocycles. The molecule has 2 aromatic carbocycles. The molecule has 0 saturated carbocycles. The van der Waals surface area contributed by atoms with Crippen LogP contribution in [0.3, 0.4) is 0 Å². The average molecular weight is 251 g/mol. The van der Waals surface area contributed by atoms with Crippen LogP contribution in [0, 0.1) is 0 Å². The summed E-state index contributed by atoms with van der Waals surface area (Å²) >= 11 is 0. The standard InChI is InChI=1S/C15H13N3O/c1-3-7-12(8-4-1)15-16-14(11-19-15)18-17-13-9-5-2-6-10-13/h1-10,17H,11H2. The molecule has 0 unspecified atom stereocenters. The van der Waals surface area contributed by atoms with E-state index in [1.165, 1.54) is 0 Å². The minimum Gasteiger partial charge on any atom is -0.469 e. The van der Waals surface area contributed by atoms with Crippen LogP contribution in [-0.2, 0) is 4.74 Å². The summed E-state index contributed by atoms with van der Waals surface area (Å²) in [5, 5.41) is 4.22. The first-order valence-corrected chi connectivity index (χ1v) is 6.06. The number of para-hydroxylation sites is 1. The molecule has 0 saturated heterocycles. The largest absolute Gasteiger partial charge is 0.469 e. The van der Waals surface area contributed by atoms with Gasteiger partial charge in [0.1, 0.15) is 0 Å². The van der Waals surface area contributed by atoms with Crippen molar-refractivity contribution >= 4 is 17.4 Å². The SMILES string of the molecule is c1ccc(NN=C2COC(c3ccccc3)=N2)cc1. The molecule has 1 N–H and O–H groups in total. The molecule has 1 aliphatic heterocycles. The van der Waals surface area contributed by atoms with E-state index < -0.39 is 0 Å². The first-order valence-electron chi connectivity index (χ1n) is 6.06. The second kappa shape index (κ2) is 5.35. The fourth-order valence-electron chi connectivity index (χ4n) is 1.74. The number of nitrogens with zero attached hydrogens (tertiary/aromatic N) is 2. The summed E-state index contributed by atoms with van der Waals surface area (Å²) in [6, 6.07) is 19.6. The summed E-state index contributed by atoms with van der Waals surface area (Å²) in [4.78, 5) is 4.36. The number of nitrogens with one attached hydrogen (secondary N) is 1. The Balaban J connectivity index is 1.73. The Morgan fingerprint density at radius 1 is 0.947 bits per heavy atom. The lowest BCUT2D eigenvalue weighted by Gasteiger charge is -1.98. The second-order valence-electron chi connectivity index (χ2n) is 4.08. The fraction of sp³-hybridized carbons (Fsp3) is 0.0667. The molecule has 0 fully saturated rings. The van der Waals surface area contributed by atoms with E-state index in [1.54, 1.807) is 0 Å². The maximum Gasteiger partial charge on any atom is 0.223 e. The van der Waals surface area contributed by atoms with Crippen molar-refractivity contribution in [3.8, 4) is 0 Å². The van der Waals surface area contributed by atoms with Gasteiger partial charge in [0.15, 0.2) is 12.4 Å². The van der Waals surface area contributed by atoms with Crippen LogP contribution in [-0.4, -0.2) is 18.3 Å². The normalized spacial score (nSPS) is 16.0. The second-order valence-corrected chi connectivity index (χ2v) is 4.08. The van der Waals surface area contributed by atoms with E-state index in [4.69, 9.17) is 4.74 Å². The van der Waals surface area contributed by atoms with Crippen LogP contribution in [0.4, 0.5) is 5.69 Å². The third-order valence-electron chi connectivity index (χ3n) is 2.68. The van der Waals surface area contributed by atoms with Crippen molar-refractivity contribution < 1.29 is 4.74 Å². The average Bonchev–Trinajstić information content (AvgIpc) is 2.96. The van der Waals surface area contributed by atoms with Crippen molar-refractivity contribution in [2.45, 2.75) is 0 Å². The van der Waals surface area contributed by atoms with Crippen molar-refractivity contribution in [1.82, 2.24) is 0 Å². The Kier molecular flexibility index (Phi) is 3.23. The molecule has 1 aliphatic rings. The highest BCUT2D eigenvalue weighted by Gasteiger charge is 2.15. The molecule has 19 heavy (non-hydrogen) atoms. The van der Waals surface area contributed by atoms with Crippen LogP contribution >= 0.6 is 0 Å². The van der Waals surface area contributed by atoms with Crippen LogP contribution in [0.2, 0.25) is 0 Å². The predicted octanol–water partition coefficient (Wildman–Crippen LogP) is 2.89. The highest BCUT2D eigenvalue weighted by molar-refractivity contribution is 6.07. The highest BCUT2D eigenvalue weighted by atomic mass is 16.5. The Labute approximate surface area is 111 Å². The minimum atomic E-state index is 0.393. The van der Waals surface area contributed by atoms with Crippen molar-refractivity contribution in [2.75, 3.05) is 12.0 Å². The Bertz CT molecular complexity index is 606. The molecule has 94 valence electrons. The number of hydrogen-bond donors (Lipinski definition) is 1. The van der Waals surface area contributed by atoms with E-state index in [-0.39, 0.29) is 0 Å². The summed E-state index contributed by atoms with van der Waals surface area (Å²) in [5.74, 6) is 1.26. The molecular weight excluding hydrogens is 238 g/mol. The van der Waals surface area contributed by atoms with E-state index in [2.05, 4.69) is 15.5 Å². The fourth-order valence-corrected chi connectivity index (χ4v) is 1.74. The summed E-state index contributed by atoms with van der Waals surface area (Å²) in [5.41, 5.74) is 4.85. The Hall–Kier alpha value is -2.62. The van der Waals surface area contributed by atoms with Gasteiger partial charge in [-0.05, 0) is 24.3 Å². The molecule has 0 atom stereocenters. The molecule has 0 aliphatic carbocycles. The Morgan fingerprint density at radius 2 is 1.63 bits per heavy atom. The van der Waals surface area contributed by atoms with Gasteiger partial charge in [-0.3, -0.25) is 5.43 Å². The van der Waals surface area contributed by atoms with E-state index in [1.807, 2.05) is 60.7 Å². The first kappa shape index (κ1) is 11.5. The summed E-state index contributed by atoms with van der Waals surface area (Å²) in [6.07, 6.45) is 0. The quantitative estimate of drug-likeness (QED) is 0.852. The molecule has 4 nitrogen and oxygen atoms in total. The molecular formula is C15H13N3O. The number of ether oxygens (including phenoxy) is 1. The first-order chi connectivity index (χ1) is 9.42. The minimum absolute atomic E-state index is 0.393. The molecule has 0 amide bonds. The van der Waals surface area contributed by atoms with Crippen LogP contribution in [0.1, 0.15) is 5.56 Å². The van der Waals surface area contributed by atoms with Crippen LogP contribution in [0.5, 0.6) is 0 Å². The summed E-state index contributed by atoms with van der Waals surface area (Å²) in [6.45, 7) is 0.393. The lowest BCUT2D eigenvalue weighted by molar-refractivity contribution is 0.381. The number of anilines is 1. The van der Waals surface area contributed by atoms with Gasteiger partial charge in [-0.2, -0.15) is 10.1 Å². The summed E-state index contributed by atoms with van der Waals surface area (Å²) < 4.78 is 5.52. The van der Waals surface area contributed by atoms with Gasteiger partial charge in [0, 0.05) is 5.56 Å². The van der Waals surface area contributed by atoms with E-state index in [0.29, 0.717) is 18.3 Å². The topological polar surface area (TPSA) is 46.0 Å². The zero-order chi connectivity index (χ0) is 12.9. The zero-order valence-corrected chi connectivity index (χ0v) is 10.3. The van der Waals surface area contributed by atoms with Gasteiger partial charge in [-0.1, -0.05) is 36.4 Å². The molecule has 0 spiro atoms. The smallest absolute Gasteiger partial charge is 0.223 e. The summed E-state index contributed by atoms with van der Waals surface area (Å²) in [7, 11) is 0. The van der Waals surface area contributed by atoms with Gasteiger partial charge in [0.05, 0.1) is 5.69 Å². The van der Waals surface area contributed by atoms with Crippen LogP contribution in [0.15, 0.2) is 70.8 Å². The molecule has 0 radical (unpaired) electrons. The van der Waals surface area contributed by atoms with Crippen molar-refractivity contribution in [3.05, 3.63) is 66.2 Å². The number of hydrazone groups is 1. The van der Waals surface area contributed by atoms with Gasteiger partial charge >= 0.3 is 0 Å². The van der Waals surface area contributed by atoms with Crippen LogP contribution in [0.25, 0.3) is 0 Å². The molecule has 1 heterocycles. The van der Waals surface area contributed by atoms with Crippen molar-refractivity contribution in [2.24, 2.45) is 10.1 Å². The van der Waals surface area contributed by atoms with E-state index in [9.17, 15) is 0 Å². The predicted molar refractivity (Wildman–Crippen MR) is 76.4 cm³/mol. The monoisotopic (exact) mass is 251 g/mol. The lowest BCUT2D eigenvalue weighted by atomic mass is 10.2. The highest BCUT2D eigenvalue weighted by Crippen LogP contribution is 2.10. The van der Waals surface area contributed by atoms with Gasteiger partial charge in [0.25, 0.3) is 0 Å². The zero-order valence-electron chi connectivity index (χ0n) is 10.3. The van der Waals surface area contributed by atoms with Crippen molar-refractivity contribution in [1.29, 1.82) is 0 Å². The van der Waals surface area contributed by atoms with Crippen molar-refractivity contribution in [3.63, 3.8) is 0 Å². The molecule has 3 rings (SSSR count). The number of benzene rings is 2. The number of rotatable bonds is 3. The third-order valence-corrected chi connectivity index (χ3v) is 2.68. The van der Waals surface area contributed by atoms with Gasteiger partial charge < -0.3 is 4.74 Å². The molecule has 4 heteroatoms. The number of hydrogen-bond acceptors (Lipinski definition) is 3. The Morgan fingerprint density at radius 3 is 2.37 bits per heavy atom. The van der Waals surface area contributed by atoms with Gasteiger partial charge in [-0.15, -0.1) is 0 Å². The molecule has 0 bridgehead atoms. The van der Waals surface area contributed by atoms with Gasteiger partial charge in [0.2, 0.25) is 5.90 Å². The van der Waals surface area contributed by atoms with Gasteiger partial charge in [-0.25, -0.2) is 0 Å². The maximum absolute atomic E-state index is 5.52. The van der Waals surface area contributed by atoms with E-state index in [0.717, 1.165) is 11.3 Å². The lowest BCUT2D eigenvalue weighted by Crippen LogP contribution is -2.02. The van der Waals surface area contributed by atoms with Crippen LogP contribution < -0.4 is 5.43 Å². The van der Waals surface area contributed by atoms with E-state index >= 15 is 0 Å². The maximum atomic E-state index is 5.52.